The fourth-order valence-corrected chi connectivity index (χ4v) is 5.54. The summed E-state index contributed by atoms with van der Waals surface area (Å²) in [6, 6.07) is 3.02. The largest absolute Gasteiger partial charge is 0.490 e. The van der Waals surface area contributed by atoms with Gasteiger partial charge in [-0.2, -0.15) is 4.98 Å². The third-order valence-electron chi connectivity index (χ3n) is 7.20. The number of hydrogen-bond donors (Lipinski definition) is 3. The molecule has 2 fully saturated rings. The van der Waals surface area contributed by atoms with Crippen molar-refractivity contribution in [1.29, 1.82) is 0 Å². The Labute approximate surface area is 218 Å². The number of nitrogens with two attached hydrogens (primary N) is 1. The van der Waals surface area contributed by atoms with Crippen molar-refractivity contribution in [3.05, 3.63) is 40.4 Å². The van der Waals surface area contributed by atoms with E-state index >= 15 is 4.39 Å². The quantitative estimate of drug-likeness (QED) is 0.396. The molecule has 5 rings (SSSR count). The van der Waals surface area contributed by atoms with E-state index in [1.165, 1.54) is 24.3 Å². The van der Waals surface area contributed by atoms with E-state index < -0.39 is 17.3 Å². The molecule has 0 bridgehead atoms. The molecule has 0 radical (unpaired) electrons. The van der Waals surface area contributed by atoms with Crippen molar-refractivity contribution in [1.82, 2.24) is 34.7 Å². The molecule has 14 heteroatoms. The van der Waals surface area contributed by atoms with Gasteiger partial charge in [-0.25, -0.2) is 23.2 Å². The van der Waals surface area contributed by atoms with Gasteiger partial charge in [0.15, 0.2) is 17.5 Å². The minimum absolute atomic E-state index is 0.000539. The van der Waals surface area contributed by atoms with Gasteiger partial charge in [0.1, 0.15) is 18.0 Å². The molecule has 4 heterocycles. The Balaban J connectivity index is 1.41. The van der Waals surface area contributed by atoms with E-state index in [1.54, 1.807) is 0 Å². The lowest BCUT2D eigenvalue weighted by Crippen LogP contribution is -2.55. The normalized spacial score (nSPS) is 20.8. The minimum Gasteiger partial charge on any atom is -0.490 e. The van der Waals surface area contributed by atoms with Gasteiger partial charge < -0.3 is 21.1 Å². The Bertz CT molecular complexity index is 1370. The van der Waals surface area contributed by atoms with Crippen molar-refractivity contribution in [2.45, 2.75) is 57.2 Å². The zero-order valence-corrected chi connectivity index (χ0v) is 21.6. The average Bonchev–Trinajstić information content (AvgIpc) is 3.48. The highest BCUT2D eigenvalue weighted by Gasteiger charge is 2.43. The standard InChI is InChI=1S/C24H32F2N10O2/c1-24(2)12-14(9-15-5-4-7-35(15)24)29-21-17(26)13-28-22(31-21)30-18-11-19(36-33-32-23(37)34(36)3)20(10-16(18)25)38-8-6-27/h10-11,13-15H,4-9,12,27H2,1-3H3,(H2,28,29,30,31)/t14-,15+/m1/s1. The molecule has 204 valence electrons. The van der Waals surface area contributed by atoms with Crippen molar-refractivity contribution in [2.24, 2.45) is 12.8 Å². The predicted octanol–water partition coefficient (Wildman–Crippen LogP) is 1.93. The Morgan fingerprint density at radius 2 is 2.08 bits per heavy atom. The monoisotopic (exact) mass is 530 g/mol. The van der Waals surface area contributed by atoms with E-state index in [9.17, 15) is 9.18 Å². The third kappa shape index (κ3) is 5.05. The fourth-order valence-electron chi connectivity index (χ4n) is 5.54. The van der Waals surface area contributed by atoms with Crippen LogP contribution in [-0.4, -0.2) is 72.0 Å². The number of piperidine rings is 1. The van der Waals surface area contributed by atoms with Gasteiger partial charge >= 0.3 is 5.69 Å². The van der Waals surface area contributed by atoms with Gasteiger partial charge in [0.2, 0.25) is 5.95 Å². The lowest BCUT2D eigenvalue weighted by atomic mass is 9.84. The lowest BCUT2D eigenvalue weighted by Gasteiger charge is -2.47. The molecule has 0 unspecified atom stereocenters. The van der Waals surface area contributed by atoms with Crippen LogP contribution in [0.25, 0.3) is 5.69 Å². The molecule has 2 aliphatic heterocycles. The van der Waals surface area contributed by atoms with Crippen LogP contribution in [0, 0.1) is 11.6 Å². The number of fused-ring (bicyclic) bond motifs is 1. The first-order valence-corrected chi connectivity index (χ1v) is 12.6. The third-order valence-corrected chi connectivity index (χ3v) is 7.20. The van der Waals surface area contributed by atoms with Crippen molar-refractivity contribution in [3.8, 4) is 11.4 Å². The second-order valence-corrected chi connectivity index (χ2v) is 10.3. The predicted molar refractivity (Wildman–Crippen MR) is 137 cm³/mol. The molecule has 2 aromatic heterocycles. The molecule has 2 saturated heterocycles. The molecular formula is C24H32F2N10O2. The van der Waals surface area contributed by atoms with Crippen LogP contribution in [-0.2, 0) is 7.05 Å². The Hall–Kier alpha value is -3.65. The smallest absolute Gasteiger partial charge is 0.383 e. The van der Waals surface area contributed by atoms with E-state index in [-0.39, 0.29) is 53.6 Å². The van der Waals surface area contributed by atoms with Crippen molar-refractivity contribution >= 4 is 17.5 Å². The fraction of sp³-hybridized carbons (Fsp3) is 0.542. The molecule has 38 heavy (non-hydrogen) atoms. The van der Waals surface area contributed by atoms with Crippen LogP contribution in [0.2, 0.25) is 0 Å². The van der Waals surface area contributed by atoms with Crippen LogP contribution < -0.4 is 26.8 Å². The van der Waals surface area contributed by atoms with Crippen LogP contribution in [0.4, 0.5) is 26.2 Å². The summed E-state index contributed by atoms with van der Waals surface area (Å²) in [5.74, 6) is -1.10. The number of halogens is 2. The number of nitrogens with one attached hydrogen (secondary N) is 2. The number of rotatable bonds is 8. The highest BCUT2D eigenvalue weighted by atomic mass is 19.1. The van der Waals surface area contributed by atoms with E-state index in [0.717, 1.165) is 42.8 Å². The summed E-state index contributed by atoms with van der Waals surface area (Å²) in [7, 11) is 1.46. The minimum atomic E-state index is -0.677. The van der Waals surface area contributed by atoms with E-state index in [0.29, 0.717) is 6.04 Å². The van der Waals surface area contributed by atoms with Crippen LogP contribution >= 0.6 is 0 Å². The van der Waals surface area contributed by atoms with Gasteiger partial charge in [0, 0.05) is 37.3 Å². The van der Waals surface area contributed by atoms with E-state index in [1.807, 2.05) is 0 Å². The molecular weight excluding hydrogens is 498 g/mol. The van der Waals surface area contributed by atoms with Gasteiger partial charge in [0.25, 0.3) is 0 Å². The number of ether oxygens (including phenoxy) is 1. The summed E-state index contributed by atoms with van der Waals surface area (Å²) in [5.41, 5.74) is 5.14. The van der Waals surface area contributed by atoms with Gasteiger partial charge in [-0.1, -0.05) is 5.10 Å². The average molecular weight is 531 g/mol. The molecule has 2 aliphatic rings. The Kier molecular flexibility index (Phi) is 7.01. The highest BCUT2D eigenvalue weighted by Crippen LogP contribution is 2.38. The van der Waals surface area contributed by atoms with Crippen LogP contribution in [0.1, 0.15) is 39.5 Å². The molecule has 0 amide bonds. The Morgan fingerprint density at radius 1 is 1.26 bits per heavy atom. The van der Waals surface area contributed by atoms with Crippen LogP contribution in [0.3, 0.4) is 0 Å². The highest BCUT2D eigenvalue weighted by molar-refractivity contribution is 5.63. The van der Waals surface area contributed by atoms with E-state index in [4.69, 9.17) is 10.5 Å². The number of benzene rings is 1. The summed E-state index contributed by atoms with van der Waals surface area (Å²) in [6.45, 7) is 5.85. The molecule has 0 saturated carbocycles. The Morgan fingerprint density at radius 3 is 2.82 bits per heavy atom. The maximum Gasteiger partial charge on any atom is 0.383 e. The summed E-state index contributed by atoms with van der Waals surface area (Å²) in [5, 5.41) is 13.4. The van der Waals surface area contributed by atoms with Gasteiger partial charge in [0.05, 0.1) is 11.9 Å². The number of hydrogen-bond acceptors (Lipinski definition) is 10. The van der Waals surface area contributed by atoms with Crippen LogP contribution in [0.15, 0.2) is 23.1 Å². The zero-order valence-electron chi connectivity index (χ0n) is 21.6. The summed E-state index contributed by atoms with van der Waals surface area (Å²) >= 11 is 0. The summed E-state index contributed by atoms with van der Waals surface area (Å²) in [6.07, 6.45) is 5.09. The molecule has 2 atom stereocenters. The molecule has 0 spiro atoms. The second kappa shape index (κ2) is 10.3. The summed E-state index contributed by atoms with van der Waals surface area (Å²) in [4.78, 5) is 23.9. The zero-order chi connectivity index (χ0) is 27.0. The molecule has 0 aliphatic carbocycles. The van der Waals surface area contributed by atoms with Gasteiger partial charge in [-0.15, -0.1) is 4.80 Å². The summed E-state index contributed by atoms with van der Waals surface area (Å²) < 4.78 is 36.5. The van der Waals surface area contributed by atoms with Crippen molar-refractivity contribution < 1.29 is 13.5 Å². The van der Waals surface area contributed by atoms with E-state index in [2.05, 4.69) is 49.7 Å². The van der Waals surface area contributed by atoms with Gasteiger partial charge in [-0.3, -0.25) is 4.90 Å². The lowest BCUT2D eigenvalue weighted by molar-refractivity contribution is 0.0500. The molecule has 4 N–H and O–H groups in total. The molecule has 3 aromatic rings. The first-order chi connectivity index (χ1) is 18.2. The van der Waals surface area contributed by atoms with Crippen LogP contribution in [0.5, 0.6) is 5.75 Å². The maximum absolute atomic E-state index is 15.1. The second-order valence-electron chi connectivity index (χ2n) is 10.3. The van der Waals surface area contributed by atoms with Crippen molar-refractivity contribution in [3.63, 3.8) is 0 Å². The number of tetrazole rings is 1. The molecule has 1 aromatic carbocycles. The number of anilines is 3. The van der Waals surface area contributed by atoms with Gasteiger partial charge in [-0.05, 0) is 57.4 Å². The molecule has 12 nitrogen and oxygen atoms in total. The number of nitrogens with zero attached hydrogens (tertiary/aromatic N) is 7. The number of aromatic nitrogens is 6. The SMILES string of the molecule is Cn1c(=O)nnn1-c1cc(Nc2ncc(F)c(N[C@@H]3C[C@@H]4CCCN4C(C)(C)C3)n2)c(F)cc1OCCN. The maximum atomic E-state index is 15.1. The topological polar surface area (TPSA) is 141 Å². The first-order valence-electron chi connectivity index (χ1n) is 12.6. The first kappa shape index (κ1) is 26.0. The van der Waals surface area contributed by atoms with Crippen molar-refractivity contribution in [2.75, 3.05) is 30.3 Å².